The molecular weight excluding hydrogens is 311 g/mol. The highest BCUT2D eigenvalue weighted by Gasteiger charge is 2.10. The van der Waals surface area contributed by atoms with Crippen LogP contribution in [0, 0.1) is 17.1 Å². The van der Waals surface area contributed by atoms with Crippen LogP contribution in [0.5, 0.6) is 0 Å². The molecule has 98 valence electrons. The number of nitriles is 1. The topological polar surface area (TPSA) is 53.6 Å². The number of halogens is 2. The average molecular weight is 323 g/mol. The van der Waals surface area contributed by atoms with Crippen LogP contribution >= 0.6 is 15.9 Å². The van der Waals surface area contributed by atoms with Crippen molar-refractivity contribution in [3.05, 3.63) is 46.7 Å². The summed E-state index contributed by atoms with van der Waals surface area (Å²) in [6, 6.07) is 5.09. The van der Waals surface area contributed by atoms with E-state index in [4.69, 9.17) is 5.26 Å². The van der Waals surface area contributed by atoms with Crippen molar-refractivity contribution in [3.63, 3.8) is 0 Å². The van der Waals surface area contributed by atoms with Crippen LogP contribution in [-0.2, 0) is 6.54 Å². The lowest BCUT2D eigenvalue weighted by atomic mass is 10.2. The van der Waals surface area contributed by atoms with Gasteiger partial charge in [-0.3, -0.25) is 0 Å². The van der Waals surface area contributed by atoms with Crippen LogP contribution in [0.4, 0.5) is 10.1 Å². The van der Waals surface area contributed by atoms with Crippen LogP contribution < -0.4 is 5.32 Å². The summed E-state index contributed by atoms with van der Waals surface area (Å²) in [5.74, 6) is -0.429. The number of aromatic nitrogens is 2. The Balaban J connectivity index is 1.90. The third-order valence-electron chi connectivity index (χ3n) is 2.67. The van der Waals surface area contributed by atoms with Gasteiger partial charge < -0.3 is 9.88 Å². The van der Waals surface area contributed by atoms with Crippen LogP contribution in [0.15, 0.2) is 35.3 Å². The molecule has 0 aliphatic heterocycles. The highest BCUT2D eigenvalue weighted by molar-refractivity contribution is 9.10. The molecule has 1 heterocycles. The monoisotopic (exact) mass is 322 g/mol. The Bertz CT molecular complexity index is 589. The van der Waals surface area contributed by atoms with Crippen LogP contribution in [0.1, 0.15) is 12.0 Å². The summed E-state index contributed by atoms with van der Waals surface area (Å²) in [6.07, 6.45) is 6.22. The standard InChI is InChI=1S/C13H12BrFN4/c14-12-10(8-16)2-3-11(13(12)15)18-4-1-6-19-7-5-17-9-19/h2-3,5,7,9,18H,1,4,6H2. The van der Waals surface area contributed by atoms with Gasteiger partial charge >= 0.3 is 0 Å². The van der Waals surface area contributed by atoms with E-state index in [1.54, 1.807) is 24.7 Å². The molecule has 0 spiro atoms. The first-order chi connectivity index (χ1) is 9.22. The van der Waals surface area contributed by atoms with Gasteiger partial charge in [0.2, 0.25) is 0 Å². The maximum Gasteiger partial charge on any atom is 0.161 e. The lowest BCUT2D eigenvalue weighted by Gasteiger charge is -2.09. The minimum Gasteiger partial charge on any atom is -0.383 e. The maximum absolute atomic E-state index is 13.9. The van der Waals surface area contributed by atoms with E-state index in [0.717, 1.165) is 13.0 Å². The molecule has 6 heteroatoms. The summed E-state index contributed by atoms with van der Waals surface area (Å²) < 4.78 is 16.0. The molecule has 1 aromatic carbocycles. The van der Waals surface area contributed by atoms with Gasteiger partial charge in [0.05, 0.1) is 22.1 Å². The molecule has 19 heavy (non-hydrogen) atoms. The predicted molar refractivity (Wildman–Crippen MR) is 74.1 cm³/mol. The normalized spacial score (nSPS) is 10.2. The number of imidazole rings is 1. The molecule has 2 rings (SSSR count). The Morgan fingerprint density at radius 3 is 3.00 bits per heavy atom. The van der Waals surface area contributed by atoms with Crippen molar-refractivity contribution in [2.75, 3.05) is 11.9 Å². The summed E-state index contributed by atoms with van der Waals surface area (Å²) in [5, 5.41) is 11.8. The van der Waals surface area contributed by atoms with E-state index in [0.29, 0.717) is 17.8 Å². The molecule has 0 saturated heterocycles. The highest BCUT2D eigenvalue weighted by Crippen LogP contribution is 2.26. The predicted octanol–water partition coefficient (Wildman–Crippen LogP) is 3.16. The molecule has 0 aliphatic rings. The lowest BCUT2D eigenvalue weighted by Crippen LogP contribution is -2.07. The smallest absolute Gasteiger partial charge is 0.161 e. The van der Waals surface area contributed by atoms with Gasteiger partial charge in [0.1, 0.15) is 6.07 Å². The number of hydrogen-bond acceptors (Lipinski definition) is 3. The number of nitrogens with one attached hydrogen (secondary N) is 1. The molecule has 0 aliphatic carbocycles. The Hall–Kier alpha value is -1.87. The Labute approximate surface area is 119 Å². The molecule has 0 atom stereocenters. The SMILES string of the molecule is N#Cc1ccc(NCCCn2ccnc2)c(F)c1Br. The summed E-state index contributed by atoms with van der Waals surface area (Å²) >= 11 is 3.08. The Morgan fingerprint density at radius 2 is 2.32 bits per heavy atom. The van der Waals surface area contributed by atoms with Gasteiger partial charge in [0.15, 0.2) is 5.82 Å². The van der Waals surface area contributed by atoms with Crippen molar-refractivity contribution in [3.8, 4) is 6.07 Å². The van der Waals surface area contributed by atoms with Crippen molar-refractivity contribution in [2.45, 2.75) is 13.0 Å². The number of nitrogens with zero attached hydrogens (tertiary/aromatic N) is 3. The Kier molecular flexibility index (Phi) is 4.53. The van der Waals surface area contributed by atoms with Crippen LogP contribution in [0.2, 0.25) is 0 Å². The third kappa shape index (κ3) is 3.32. The molecule has 0 unspecified atom stereocenters. The van der Waals surface area contributed by atoms with E-state index >= 15 is 0 Å². The molecule has 0 bridgehead atoms. The second-order valence-corrected chi connectivity index (χ2v) is 4.77. The quantitative estimate of drug-likeness (QED) is 0.860. The number of aryl methyl sites for hydroxylation is 1. The fourth-order valence-corrected chi connectivity index (χ4v) is 2.11. The van der Waals surface area contributed by atoms with Gasteiger partial charge in [-0.05, 0) is 34.5 Å². The van der Waals surface area contributed by atoms with E-state index in [1.807, 2.05) is 16.8 Å². The molecule has 1 N–H and O–H groups in total. The summed E-state index contributed by atoms with van der Waals surface area (Å²) in [6.45, 7) is 1.47. The molecule has 2 aromatic rings. The Morgan fingerprint density at radius 1 is 1.47 bits per heavy atom. The van der Waals surface area contributed by atoms with Crippen LogP contribution in [0.3, 0.4) is 0 Å². The highest BCUT2D eigenvalue weighted by atomic mass is 79.9. The zero-order valence-corrected chi connectivity index (χ0v) is 11.7. The van der Waals surface area contributed by atoms with Crippen molar-refractivity contribution in [1.82, 2.24) is 9.55 Å². The van der Waals surface area contributed by atoms with Gasteiger partial charge in [-0.25, -0.2) is 9.37 Å². The first-order valence-electron chi connectivity index (χ1n) is 5.80. The molecule has 4 nitrogen and oxygen atoms in total. The van der Waals surface area contributed by atoms with Crippen LogP contribution in [0.25, 0.3) is 0 Å². The van der Waals surface area contributed by atoms with E-state index in [2.05, 4.69) is 26.2 Å². The maximum atomic E-state index is 13.9. The van der Waals surface area contributed by atoms with E-state index in [9.17, 15) is 4.39 Å². The van der Waals surface area contributed by atoms with Gasteiger partial charge in [-0.15, -0.1) is 0 Å². The first kappa shape index (κ1) is 13.6. The average Bonchev–Trinajstić information content (AvgIpc) is 2.92. The van der Waals surface area contributed by atoms with Gasteiger partial charge in [-0.2, -0.15) is 5.26 Å². The number of rotatable bonds is 5. The largest absolute Gasteiger partial charge is 0.383 e. The lowest BCUT2D eigenvalue weighted by molar-refractivity contribution is 0.618. The second kappa shape index (κ2) is 6.34. The molecule has 0 amide bonds. The van der Waals surface area contributed by atoms with Crippen molar-refractivity contribution >= 4 is 21.6 Å². The molecule has 0 radical (unpaired) electrons. The number of hydrogen-bond donors (Lipinski definition) is 1. The summed E-state index contributed by atoms with van der Waals surface area (Å²) in [7, 11) is 0. The van der Waals surface area contributed by atoms with Crippen molar-refractivity contribution < 1.29 is 4.39 Å². The minimum atomic E-state index is -0.429. The fourth-order valence-electron chi connectivity index (χ4n) is 1.68. The number of benzene rings is 1. The molecule has 1 aromatic heterocycles. The van der Waals surface area contributed by atoms with E-state index < -0.39 is 5.82 Å². The van der Waals surface area contributed by atoms with Gasteiger partial charge in [0.25, 0.3) is 0 Å². The second-order valence-electron chi connectivity index (χ2n) is 3.98. The van der Waals surface area contributed by atoms with Crippen molar-refractivity contribution in [1.29, 1.82) is 5.26 Å². The minimum absolute atomic E-state index is 0.203. The van der Waals surface area contributed by atoms with Gasteiger partial charge in [0, 0.05) is 25.5 Å². The summed E-state index contributed by atoms with van der Waals surface area (Å²) in [4.78, 5) is 3.95. The first-order valence-corrected chi connectivity index (χ1v) is 6.59. The van der Waals surface area contributed by atoms with Crippen LogP contribution in [-0.4, -0.2) is 16.1 Å². The zero-order valence-electron chi connectivity index (χ0n) is 10.1. The van der Waals surface area contributed by atoms with Gasteiger partial charge in [-0.1, -0.05) is 0 Å². The fraction of sp³-hybridized carbons (Fsp3) is 0.231. The van der Waals surface area contributed by atoms with E-state index in [1.165, 1.54) is 0 Å². The third-order valence-corrected chi connectivity index (χ3v) is 3.45. The molecule has 0 fully saturated rings. The molecule has 0 saturated carbocycles. The number of anilines is 1. The zero-order chi connectivity index (χ0) is 13.7. The summed E-state index contributed by atoms with van der Waals surface area (Å²) in [5.41, 5.74) is 0.693. The van der Waals surface area contributed by atoms with Crippen molar-refractivity contribution in [2.24, 2.45) is 0 Å². The van der Waals surface area contributed by atoms with E-state index in [-0.39, 0.29) is 4.47 Å². The molecular formula is C13H12BrFN4.